The topological polar surface area (TPSA) is 45.5 Å². The van der Waals surface area contributed by atoms with Gasteiger partial charge in [-0.2, -0.15) is 0 Å². The first-order chi connectivity index (χ1) is 12.5. The van der Waals surface area contributed by atoms with Gasteiger partial charge in [-0.3, -0.25) is 4.79 Å². The normalized spacial score (nSPS) is 14.2. The van der Waals surface area contributed by atoms with E-state index < -0.39 is 0 Å². The maximum atomic E-state index is 12.8. The maximum Gasteiger partial charge on any atom is 0.291 e. The Hall–Kier alpha value is -2.46. The highest BCUT2D eigenvalue weighted by Gasteiger charge is 2.20. The third kappa shape index (κ3) is 2.95. The Bertz CT molecular complexity index is 987. The molecular formula is C21H21ClN2O2. The standard InChI is InChI=1S/C21H21ClN2O2/c1-13-12-15(24-10-3-4-11-24)8-9-18(13)23-21(25)19-14(2)16-6-5-7-17(22)20(16)26-19/h5-9,12H,3-4,10-11H2,1-2H3,(H,23,25). The molecule has 1 saturated heterocycles. The maximum absolute atomic E-state index is 12.8. The summed E-state index contributed by atoms with van der Waals surface area (Å²) in [5.74, 6) is 0.0444. The first kappa shape index (κ1) is 17.0. The molecule has 2 heterocycles. The molecule has 3 aromatic rings. The van der Waals surface area contributed by atoms with Crippen molar-refractivity contribution < 1.29 is 9.21 Å². The molecule has 1 aliphatic rings. The molecule has 4 nitrogen and oxygen atoms in total. The first-order valence-electron chi connectivity index (χ1n) is 8.89. The summed E-state index contributed by atoms with van der Waals surface area (Å²) in [6.07, 6.45) is 2.48. The van der Waals surface area contributed by atoms with Gasteiger partial charge in [0.1, 0.15) is 0 Å². The third-order valence-corrected chi connectivity index (χ3v) is 5.35. The fourth-order valence-corrected chi connectivity index (χ4v) is 3.78. The van der Waals surface area contributed by atoms with Crippen LogP contribution in [0, 0.1) is 13.8 Å². The number of rotatable bonds is 3. The Balaban J connectivity index is 1.60. The molecule has 5 heteroatoms. The summed E-state index contributed by atoms with van der Waals surface area (Å²) in [7, 11) is 0. The van der Waals surface area contributed by atoms with Crippen molar-refractivity contribution in [1.82, 2.24) is 0 Å². The quantitative estimate of drug-likeness (QED) is 0.658. The molecule has 0 atom stereocenters. The molecule has 0 saturated carbocycles. The van der Waals surface area contributed by atoms with E-state index in [4.69, 9.17) is 16.0 Å². The minimum atomic E-state index is -0.258. The molecule has 0 bridgehead atoms. The second kappa shape index (κ2) is 6.69. The molecular weight excluding hydrogens is 348 g/mol. The Morgan fingerprint density at radius 1 is 1.15 bits per heavy atom. The zero-order valence-electron chi connectivity index (χ0n) is 14.9. The minimum Gasteiger partial charge on any atom is -0.449 e. The SMILES string of the molecule is Cc1cc(N2CCCC2)ccc1NC(=O)c1oc2c(Cl)cccc2c1C. The van der Waals surface area contributed by atoms with Crippen molar-refractivity contribution in [2.24, 2.45) is 0 Å². The lowest BCUT2D eigenvalue weighted by Crippen LogP contribution is -2.18. The Kier molecular flexibility index (Phi) is 4.37. The minimum absolute atomic E-state index is 0.258. The van der Waals surface area contributed by atoms with Crippen LogP contribution in [-0.2, 0) is 0 Å². The van der Waals surface area contributed by atoms with Gasteiger partial charge < -0.3 is 14.6 Å². The summed E-state index contributed by atoms with van der Waals surface area (Å²) < 4.78 is 5.76. The molecule has 1 amide bonds. The highest BCUT2D eigenvalue weighted by molar-refractivity contribution is 6.35. The zero-order valence-corrected chi connectivity index (χ0v) is 15.7. The molecule has 26 heavy (non-hydrogen) atoms. The monoisotopic (exact) mass is 368 g/mol. The number of hydrogen-bond acceptors (Lipinski definition) is 3. The number of fused-ring (bicyclic) bond motifs is 1. The number of benzene rings is 2. The molecule has 1 fully saturated rings. The van der Waals surface area contributed by atoms with Crippen molar-refractivity contribution in [2.45, 2.75) is 26.7 Å². The number of carbonyl (C=O) groups is 1. The third-order valence-electron chi connectivity index (χ3n) is 5.05. The van der Waals surface area contributed by atoms with E-state index in [0.29, 0.717) is 16.4 Å². The summed E-state index contributed by atoms with van der Waals surface area (Å²) in [5.41, 5.74) is 4.40. The van der Waals surface area contributed by atoms with Gasteiger partial charge in [0, 0.05) is 35.4 Å². The second-order valence-corrected chi connectivity index (χ2v) is 7.23. The molecule has 1 N–H and O–H groups in total. The molecule has 0 aliphatic carbocycles. The average molecular weight is 369 g/mol. The second-order valence-electron chi connectivity index (χ2n) is 6.82. The van der Waals surface area contributed by atoms with Crippen molar-refractivity contribution in [3.63, 3.8) is 0 Å². The van der Waals surface area contributed by atoms with Gasteiger partial charge in [0.15, 0.2) is 11.3 Å². The number of carbonyl (C=O) groups excluding carboxylic acids is 1. The summed E-state index contributed by atoms with van der Waals surface area (Å²) in [4.78, 5) is 15.1. The van der Waals surface area contributed by atoms with Gasteiger partial charge in [0.25, 0.3) is 5.91 Å². The van der Waals surface area contributed by atoms with Gasteiger partial charge in [-0.15, -0.1) is 0 Å². The lowest BCUT2D eigenvalue weighted by Gasteiger charge is -2.19. The van der Waals surface area contributed by atoms with Crippen LogP contribution in [0.3, 0.4) is 0 Å². The Labute approximate surface area is 157 Å². The predicted molar refractivity (Wildman–Crippen MR) is 107 cm³/mol. The molecule has 1 aliphatic heterocycles. The molecule has 0 unspecified atom stereocenters. The van der Waals surface area contributed by atoms with Crippen molar-refractivity contribution in [3.05, 3.63) is 58.3 Å². The number of furan rings is 1. The van der Waals surface area contributed by atoms with E-state index in [9.17, 15) is 4.79 Å². The molecule has 134 valence electrons. The molecule has 0 radical (unpaired) electrons. The Morgan fingerprint density at radius 2 is 1.92 bits per heavy atom. The van der Waals surface area contributed by atoms with Crippen LogP contribution in [-0.4, -0.2) is 19.0 Å². The van der Waals surface area contributed by atoms with E-state index in [1.54, 1.807) is 6.07 Å². The van der Waals surface area contributed by atoms with Crippen LogP contribution in [0.1, 0.15) is 34.5 Å². The lowest BCUT2D eigenvalue weighted by atomic mass is 10.1. The van der Waals surface area contributed by atoms with Crippen LogP contribution < -0.4 is 10.2 Å². The summed E-state index contributed by atoms with van der Waals surface area (Å²) in [6, 6.07) is 11.7. The summed E-state index contributed by atoms with van der Waals surface area (Å²) >= 11 is 6.18. The largest absolute Gasteiger partial charge is 0.449 e. The van der Waals surface area contributed by atoms with E-state index in [-0.39, 0.29) is 5.91 Å². The van der Waals surface area contributed by atoms with Crippen LogP contribution in [0.2, 0.25) is 5.02 Å². The number of nitrogens with zero attached hydrogens (tertiary/aromatic N) is 1. The van der Waals surface area contributed by atoms with Crippen LogP contribution >= 0.6 is 11.6 Å². The van der Waals surface area contributed by atoms with Crippen LogP contribution in [0.15, 0.2) is 40.8 Å². The van der Waals surface area contributed by atoms with E-state index >= 15 is 0 Å². The molecule has 2 aromatic carbocycles. The van der Waals surface area contributed by atoms with Crippen molar-refractivity contribution in [1.29, 1.82) is 0 Å². The number of para-hydroxylation sites is 1. The van der Waals surface area contributed by atoms with Crippen LogP contribution in [0.4, 0.5) is 11.4 Å². The number of aryl methyl sites for hydroxylation is 2. The zero-order chi connectivity index (χ0) is 18.3. The number of hydrogen-bond donors (Lipinski definition) is 1. The van der Waals surface area contributed by atoms with Crippen molar-refractivity contribution in [3.8, 4) is 0 Å². The number of nitrogens with one attached hydrogen (secondary N) is 1. The van der Waals surface area contributed by atoms with Crippen molar-refractivity contribution in [2.75, 3.05) is 23.3 Å². The smallest absolute Gasteiger partial charge is 0.291 e. The highest BCUT2D eigenvalue weighted by Crippen LogP contribution is 2.32. The van der Waals surface area contributed by atoms with E-state index in [1.807, 2.05) is 32.0 Å². The van der Waals surface area contributed by atoms with Crippen molar-refractivity contribution >= 4 is 39.9 Å². The van der Waals surface area contributed by atoms with Crippen LogP contribution in [0.5, 0.6) is 0 Å². The van der Waals surface area contributed by atoms with Gasteiger partial charge in [-0.1, -0.05) is 23.7 Å². The first-order valence-corrected chi connectivity index (χ1v) is 9.27. The predicted octanol–water partition coefficient (Wildman–Crippen LogP) is 5.56. The molecule has 1 aromatic heterocycles. The fraction of sp³-hybridized carbons (Fsp3) is 0.286. The molecule has 0 spiro atoms. The Morgan fingerprint density at radius 3 is 2.62 bits per heavy atom. The van der Waals surface area contributed by atoms with Crippen LogP contribution in [0.25, 0.3) is 11.0 Å². The lowest BCUT2D eigenvalue weighted by molar-refractivity contribution is 0.0998. The summed E-state index contributed by atoms with van der Waals surface area (Å²) in [5, 5.41) is 4.35. The van der Waals surface area contributed by atoms with Gasteiger partial charge in [0.05, 0.1) is 5.02 Å². The van der Waals surface area contributed by atoms with E-state index in [1.165, 1.54) is 18.5 Å². The summed E-state index contributed by atoms with van der Waals surface area (Å²) in [6.45, 7) is 6.09. The highest BCUT2D eigenvalue weighted by atomic mass is 35.5. The van der Waals surface area contributed by atoms with Gasteiger partial charge in [-0.05, 0) is 56.5 Å². The molecule has 4 rings (SSSR count). The number of halogens is 1. The van der Waals surface area contributed by atoms with Gasteiger partial charge >= 0.3 is 0 Å². The average Bonchev–Trinajstić information content (AvgIpc) is 3.26. The van der Waals surface area contributed by atoms with Gasteiger partial charge in [-0.25, -0.2) is 0 Å². The van der Waals surface area contributed by atoms with Gasteiger partial charge in [0.2, 0.25) is 0 Å². The fourth-order valence-electron chi connectivity index (χ4n) is 3.56. The number of anilines is 2. The van der Waals surface area contributed by atoms with E-state index in [0.717, 1.165) is 35.3 Å². The van der Waals surface area contributed by atoms with E-state index in [2.05, 4.69) is 22.3 Å². The number of amides is 1.